The molecule has 1 aliphatic rings. The van der Waals surface area contributed by atoms with Crippen LogP contribution >= 0.6 is 0 Å². The van der Waals surface area contributed by atoms with E-state index in [1.165, 1.54) is 5.56 Å². The first-order chi connectivity index (χ1) is 5.81. The molecule has 0 saturated carbocycles. The highest BCUT2D eigenvalue weighted by atomic mass is 16.7. The van der Waals surface area contributed by atoms with Gasteiger partial charge in [0, 0.05) is 18.8 Å². The topological polar surface area (TPSA) is 30.5 Å². The maximum absolute atomic E-state index is 5.23. The smallest absolute Gasteiger partial charge is 0.231 e. The predicted molar refractivity (Wildman–Crippen MR) is 46.8 cm³/mol. The molecule has 0 bridgehead atoms. The highest BCUT2D eigenvalue weighted by Gasteiger charge is 2.14. The van der Waals surface area contributed by atoms with Crippen molar-refractivity contribution in [2.45, 2.75) is 6.92 Å². The van der Waals surface area contributed by atoms with Gasteiger partial charge in [-0.2, -0.15) is 0 Å². The summed E-state index contributed by atoms with van der Waals surface area (Å²) < 4.78 is 10.5. The van der Waals surface area contributed by atoms with Crippen LogP contribution in [0, 0.1) is 6.92 Å². The Morgan fingerprint density at radius 2 is 1.92 bits per heavy atom. The van der Waals surface area contributed by atoms with E-state index in [-0.39, 0.29) is 0 Å². The van der Waals surface area contributed by atoms with Gasteiger partial charge in [-0.1, -0.05) is 0 Å². The molecule has 1 aliphatic heterocycles. The van der Waals surface area contributed by atoms with Crippen LogP contribution in [0.5, 0.6) is 11.5 Å². The van der Waals surface area contributed by atoms with Crippen LogP contribution < -0.4 is 14.8 Å². The first-order valence-corrected chi connectivity index (χ1v) is 3.89. The highest BCUT2D eigenvalue weighted by molar-refractivity contribution is 5.60. The molecule has 0 fully saturated rings. The fourth-order valence-corrected chi connectivity index (χ4v) is 1.31. The maximum atomic E-state index is 5.23. The van der Waals surface area contributed by atoms with E-state index in [4.69, 9.17) is 9.47 Å². The first-order valence-electron chi connectivity index (χ1n) is 3.89. The van der Waals surface area contributed by atoms with Gasteiger partial charge in [0.05, 0.1) is 0 Å². The number of hydrogen-bond donors (Lipinski definition) is 1. The molecular weight excluding hydrogens is 154 g/mol. The van der Waals surface area contributed by atoms with Crippen molar-refractivity contribution in [1.82, 2.24) is 0 Å². The average molecular weight is 165 g/mol. The van der Waals surface area contributed by atoms with Crippen LogP contribution in [-0.2, 0) is 0 Å². The zero-order valence-electron chi connectivity index (χ0n) is 7.18. The molecule has 0 spiro atoms. The van der Waals surface area contributed by atoms with Crippen LogP contribution in [0.1, 0.15) is 5.56 Å². The minimum Gasteiger partial charge on any atom is -0.454 e. The molecule has 0 atom stereocenters. The van der Waals surface area contributed by atoms with Crippen molar-refractivity contribution >= 4 is 5.69 Å². The number of fused-ring (bicyclic) bond motifs is 1. The van der Waals surface area contributed by atoms with Crippen molar-refractivity contribution in [3.05, 3.63) is 17.7 Å². The third kappa shape index (κ3) is 0.978. The molecule has 1 aromatic carbocycles. The predicted octanol–water partition coefficient (Wildman–Crippen LogP) is 1.77. The molecule has 0 radical (unpaired) electrons. The zero-order valence-corrected chi connectivity index (χ0v) is 7.18. The molecule has 0 aliphatic carbocycles. The van der Waals surface area contributed by atoms with Crippen LogP contribution in [0.25, 0.3) is 0 Å². The van der Waals surface area contributed by atoms with E-state index >= 15 is 0 Å². The van der Waals surface area contributed by atoms with Crippen LogP contribution in [0.3, 0.4) is 0 Å². The summed E-state index contributed by atoms with van der Waals surface area (Å²) in [7, 11) is 1.89. The molecule has 1 aromatic rings. The average Bonchev–Trinajstić information content (AvgIpc) is 2.49. The van der Waals surface area contributed by atoms with Gasteiger partial charge in [0.25, 0.3) is 0 Å². The lowest BCUT2D eigenvalue weighted by Gasteiger charge is -2.05. The summed E-state index contributed by atoms with van der Waals surface area (Å²) in [6.07, 6.45) is 0. The lowest BCUT2D eigenvalue weighted by atomic mass is 10.2. The summed E-state index contributed by atoms with van der Waals surface area (Å²) in [5, 5.41) is 3.09. The summed E-state index contributed by atoms with van der Waals surface area (Å²) in [6.45, 7) is 2.37. The normalized spacial score (nSPS) is 13.2. The molecule has 1 N–H and O–H groups in total. The van der Waals surface area contributed by atoms with Crippen molar-refractivity contribution in [3.63, 3.8) is 0 Å². The summed E-state index contributed by atoms with van der Waals surface area (Å²) in [4.78, 5) is 0. The fraction of sp³-hybridized carbons (Fsp3) is 0.333. The van der Waals surface area contributed by atoms with Gasteiger partial charge in [-0.15, -0.1) is 0 Å². The largest absolute Gasteiger partial charge is 0.454 e. The van der Waals surface area contributed by atoms with Gasteiger partial charge >= 0.3 is 0 Å². The number of aryl methyl sites for hydroxylation is 1. The molecule has 0 saturated heterocycles. The minimum absolute atomic E-state index is 0.335. The SMILES string of the molecule is CNc1cc2c(cc1C)OCO2. The number of rotatable bonds is 1. The summed E-state index contributed by atoms with van der Waals surface area (Å²) >= 11 is 0. The van der Waals surface area contributed by atoms with E-state index in [1.54, 1.807) is 0 Å². The molecule has 0 unspecified atom stereocenters. The van der Waals surface area contributed by atoms with E-state index < -0.39 is 0 Å². The molecule has 2 rings (SSSR count). The van der Waals surface area contributed by atoms with Crippen LogP contribution in [0.4, 0.5) is 5.69 Å². The Morgan fingerprint density at radius 3 is 2.58 bits per heavy atom. The van der Waals surface area contributed by atoms with Crippen LogP contribution in [0.2, 0.25) is 0 Å². The Hall–Kier alpha value is -1.38. The van der Waals surface area contributed by atoms with Gasteiger partial charge in [-0.05, 0) is 18.6 Å². The standard InChI is InChI=1S/C9H11NO2/c1-6-3-8-9(12-5-11-8)4-7(6)10-2/h3-4,10H,5H2,1-2H3. The van der Waals surface area contributed by atoms with Crippen LogP contribution in [-0.4, -0.2) is 13.8 Å². The lowest BCUT2D eigenvalue weighted by Crippen LogP contribution is -1.93. The quantitative estimate of drug-likeness (QED) is 0.687. The van der Waals surface area contributed by atoms with Crippen molar-refractivity contribution in [3.8, 4) is 11.5 Å². The molecule has 0 aromatic heterocycles. The molecular formula is C9H11NO2. The minimum atomic E-state index is 0.335. The third-order valence-electron chi connectivity index (χ3n) is 1.99. The van der Waals surface area contributed by atoms with Gasteiger partial charge in [0.1, 0.15) is 0 Å². The van der Waals surface area contributed by atoms with Crippen molar-refractivity contribution < 1.29 is 9.47 Å². The summed E-state index contributed by atoms with van der Waals surface area (Å²) in [6, 6.07) is 3.94. The second-order valence-corrected chi connectivity index (χ2v) is 2.77. The Bertz CT molecular complexity index is 309. The number of anilines is 1. The second-order valence-electron chi connectivity index (χ2n) is 2.77. The molecule has 3 nitrogen and oxygen atoms in total. The molecule has 12 heavy (non-hydrogen) atoms. The second kappa shape index (κ2) is 2.59. The molecule has 1 heterocycles. The van der Waals surface area contributed by atoms with E-state index in [0.717, 1.165) is 17.2 Å². The summed E-state index contributed by atoms with van der Waals surface area (Å²) in [5.74, 6) is 1.66. The fourth-order valence-electron chi connectivity index (χ4n) is 1.31. The zero-order chi connectivity index (χ0) is 8.55. The molecule has 0 amide bonds. The van der Waals surface area contributed by atoms with E-state index in [2.05, 4.69) is 5.32 Å². The first kappa shape index (κ1) is 7.28. The number of benzene rings is 1. The highest BCUT2D eigenvalue weighted by Crippen LogP contribution is 2.36. The number of hydrogen-bond acceptors (Lipinski definition) is 3. The molecule has 3 heteroatoms. The van der Waals surface area contributed by atoms with E-state index in [0.29, 0.717) is 6.79 Å². The Labute approximate surface area is 71.3 Å². The van der Waals surface area contributed by atoms with E-state index in [9.17, 15) is 0 Å². The van der Waals surface area contributed by atoms with Crippen molar-refractivity contribution in [2.24, 2.45) is 0 Å². The Kier molecular flexibility index (Phi) is 1.57. The van der Waals surface area contributed by atoms with Crippen LogP contribution in [0.15, 0.2) is 12.1 Å². The Balaban J connectivity index is 2.49. The number of ether oxygens (including phenoxy) is 2. The lowest BCUT2D eigenvalue weighted by molar-refractivity contribution is 0.174. The molecule has 64 valence electrons. The van der Waals surface area contributed by atoms with Crippen molar-refractivity contribution in [1.29, 1.82) is 0 Å². The maximum Gasteiger partial charge on any atom is 0.231 e. The van der Waals surface area contributed by atoms with Gasteiger partial charge in [0.15, 0.2) is 11.5 Å². The van der Waals surface area contributed by atoms with Gasteiger partial charge in [0.2, 0.25) is 6.79 Å². The van der Waals surface area contributed by atoms with Gasteiger partial charge in [-0.25, -0.2) is 0 Å². The van der Waals surface area contributed by atoms with Crippen molar-refractivity contribution in [2.75, 3.05) is 19.2 Å². The van der Waals surface area contributed by atoms with E-state index in [1.807, 2.05) is 26.1 Å². The van der Waals surface area contributed by atoms with Gasteiger partial charge in [-0.3, -0.25) is 0 Å². The monoisotopic (exact) mass is 165 g/mol. The summed E-state index contributed by atoms with van der Waals surface area (Å²) in [5.41, 5.74) is 2.25. The number of nitrogens with one attached hydrogen (secondary N) is 1. The Morgan fingerprint density at radius 1 is 1.25 bits per heavy atom. The van der Waals surface area contributed by atoms with Gasteiger partial charge < -0.3 is 14.8 Å². The third-order valence-corrected chi connectivity index (χ3v) is 1.99.